The highest BCUT2D eigenvalue weighted by atomic mass is 19.4. The normalized spacial score (nSPS) is 11.5. The minimum absolute atomic E-state index is 0.0508. The Balaban J connectivity index is 1.97. The zero-order valence-electron chi connectivity index (χ0n) is 13.4. The van der Waals surface area contributed by atoms with E-state index in [2.05, 4.69) is 4.74 Å². The number of nitro benzene ring substituents is 1. The second-order valence-corrected chi connectivity index (χ2v) is 5.61. The van der Waals surface area contributed by atoms with Crippen molar-refractivity contribution >= 4 is 22.6 Å². The van der Waals surface area contributed by atoms with Gasteiger partial charge >= 0.3 is 12.3 Å². The topological polar surface area (TPSA) is 94.6 Å². The fourth-order valence-corrected chi connectivity index (χ4v) is 2.70. The molecule has 1 aromatic heterocycles. The molecule has 1 N–H and O–H groups in total. The number of nitrogens with zero attached hydrogens (tertiary/aromatic N) is 2. The van der Waals surface area contributed by atoms with Gasteiger partial charge in [0.05, 0.1) is 4.92 Å². The standard InChI is InChI=1S/C17H11F3N2O5/c18-17(19,20)27-13-4-1-10(2-5-13)9-21-14-6-3-12(22(25)26)7-11(14)8-15(21)16(23)24/h1-8H,9H2,(H,23,24). The first-order chi connectivity index (χ1) is 12.6. The smallest absolute Gasteiger partial charge is 0.477 e. The van der Waals surface area contributed by atoms with Crippen LogP contribution in [0, 0.1) is 10.1 Å². The molecule has 0 aliphatic carbocycles. The lowest BCUT2D eigenvalue weighted by atomic mass is 10.2. The number of ether oxygens (including phenoxy) is 1. The van der Waals surface area contributed by atoms with E-state index in [0.717, 1.165) is 12.1 Å². The van der Waals surface area contributed by atoms with E-state index >= 15 is 0 Å². The predicted molar refractivity (Wildman–Crippen MR) is 87.8 cm³/mol. The van der Waals surface area contributed by atoms with E-state index in [1.807, 2.05) is 0 Å². The van der Waals surface area contributed by atoms with Crippen molar-refractivity contribution in [1.29, 1.82) is 0 Å². The number of carboxylic acids is 1. The van der Waals surface area contributed by atoms with Gasteiger partial charge in [-0.3, -0.25) is 10.1 Å². The van der Waals surface area contributed by atoms with Crippen LogP contribution in [0.15, 0.2) is 48.5 Å². The van der Waals surface area contributed by atoms with Gasteiger partial charge < -0.3 is 14.4 Å². The summed E-state index contributed by atoms with van der Waals surface area (Å²) in [5.74, 6) is -1.62. The number of carboxylic acid groups (broad SMARTS) is 1. The number of hydrogen-bond donors (Lipinski definition) is 1. The maximum absolute atomic E-state index is 12.2. The molecule has 10 heteroatoms. The van der Waals surface area contributed by atoms with E-state index < -0.39 is 23.0 Å². The average molecular weight is 380 g/mol. The van der Waals surface area contributed by atoms with Gasteiger partial charge in [-0.15, -0.1) is 13.2 Å². The largest absolute Gasteiger partial charge is 0.573 e. The number of aromatic carboxylic acids is 1. The van der Waals surface area contributed by atoms with Crippen molar-refractivity contribution < 1.29 is 32.7 Å². The summed E-state index contributed by atoms with van der Waals surface area (Å²) in [7, 11) is 0. The number of halogens is 3. The lowest BCUT2D eigenvalue weighted by Crippen LogP contribution is -2.17. The van der Waals surface area contributed by atoms with Gasteiger partial charge in [0.1, 0.15) is 11.4 Å². The van der Waals surface area contributed by atoms with E-state index in [0.29, 0.717) is 16.5 Å². The molecule has 3 aromatic rings. The second kappa shape index (κ2) is 6.63. The van der Waals surface area contributed by atoms with E-state index in [9.17, 15) is 33.2 Å². The first kappa shape index (κ1) is 18.2. The van der Waals surface area contributed by atoms with Crippen LogP contribution in [0.25, 0.3) is 10.9 Å². The SMILES string of the molecule is O=C(O)c1cc2cc([N+](=O)[O-])ccc2n1Cc1ccc(OC(F)(F)F)cc1. The number of carbonyl (C=O) groups is 1. The molecule has 0 saturated heterocycles. The highest BCUT2D eigenvalue weighted by molar-refractivity contribution is 5.95. The molecule has 140 valence electrons. The van der Waals surface area contributed by atoms with Gasteiger partial charge in [0.25, 0.3) is 5.69 Å². The Kier molecular flexibility index (Phi) is 4.48. The maximum Gasteiger partial charge on any atom is 0.573 e. The zero-order valence-corrected chi connectivity index (χ0v) is 13.4. The third kappa shape index (κ3) is 4.00. The molecule has 27 heavy (non-hydrogen) atoms. The highest BCUT2D eigenvalue weighted by Gasteiger charge is 2.31. The van der Waals surface area contributed by atoms with Crippen LogP contribution in [0.3, 0.4) is 0 Å². The lowest BCUT2D eigenvalue weighted by Gasteiger charge is -2.11. The van der Waals surface area contributed by atoms with Crippen molar-refractivity contribution in [3.05, 3.63) is 69.9 Å². The molecule has 0 aliphatic heterocycles. The van der Waals surface area contributed by atoms with Crippen molar-refractivity contribution in [2.24, 2.45) is 0 Å². The molecule has 0 aliphatic rings. The number of aromatic nitrogens is 1. The lowest BCUT2D eigenvalue weighted by molar-refractivity contribution is -0.384. The predicted octanol–water partition coefficient (Wildman–Crippen LogP) is 4.19. The Morgan fingerprint density at radius 2 is 1.81 bits per heavy atom. The number of non-ortho nitro benzene ring substituents is 1. The number of alkyl halides is 3. The molecule has 0 atom stereocenters. The van der Waals surface area contributed by atoms with Crippen molar-refractivity contribution in [2.75, 3.05) is 0 Å². The van der Waals surface area contributed by atoms with Crippen LogP contribution in [-0.2, 0) is 6.54 Å². The van der Waals surface area contributed by atoms with E-state index in [4.69, 9.17) is 0 Å². The third-order valence-electron chi connectivity index (χ3n) is 3.81. The molecule has 0 amide bonds. The van der Waals surface area contributed by atoms with Crippen LogP contribution in [0.1, 0.15) is 16.1 Å². The highest BCUT2D eigenvalue weighted by Crippen LogP contribution is 2.27. The quantitative estimate of drug-likeness (QED) is 0.529. The Bertz CT molecular complexity index is 1030. The summed E-state index contributed by atoms with van der Waals surface area (Å²) in [6.45, 7) is 0.0508. The molecule has 0 saturated carbocycles. The second-order valence-electron chi connectivity index (χ2n) is 5.61. The van der Waals surface area contributed by atoms with Crippen LogP contribution < -0.4 is 4.74 Å². The summed E-state index contributed by atoms with van der Waals surface area (Å²) in [4.78, 5) is 21.8. The summed E-state index contributed by atoms with van der Waals surface area (Å²) in [5, 5.41) is 20.7. The molecule has 0 fully saturated rings. The maximum atomic E-state index is 12.2. The summed E-state index contributed by atoms with van der Waals surface area (Å²) in [6, 6.07) is 10.3. The molecule has 0 bridgehead atoms. The number of rotatable bonds is 5. The average Bonchev–Trinajstić information content (AvgIpc) is 2.93. The van der Waals surface area contributed by atoms with Crippen LogP contribution in [0.5, 0.6) is 5.75 Å². The molecule has 1 heterocycles. The summed E-state index contributed by atoms with van der Waals surface area (Å²) < 4.78 is 41.9. The summed E-state index contributed by atoms with van der Waals surface area (Å²) in [6.07, 6.45) is -4.80. The van der Waals surface area contributed by atoms with Gasteiger partial charge in [-0.2, -0.15) is 0 Å². The van der Waals surface area contributed by atoms with Gasteiger partial charge in [0.2, 0.25) is 0 Å². The van der Waals surface area contributed by atoms with Crippen LogP contribution >= 0.6 is 0 Å². The van der Waals surface area contributed by atoms with Gasteiger partial charge in [-0.1, -0.05) is 12.1 Å². The first-order valence-corrected chi connectivity index (χ1v) is 7.50. The van der Waals surface area contributed by atoms with E-state index in [1.54, 1.807) is 0 Å². The Morgan fingerprint density at radius 3 is 2.37 bits per heavy atom. The van der Waals surface area contributed by atoms with Crippen molar-refractivity contribution in [1.82, 2.24) is 4.57 Å². The Hall–Kier alpha value is -3.56. The van der Waals surface area contributed by atoms with Gasteiger partial charge in [-0.05, 0) is 29.8 Å². The van der Waals surface area contributed by atoms with Crippen molar-refractivity contribution in [2.45, 2.75) is 12.9 Å². The first-order valence-electron chi connectivity index (χ1n) is 7.50. The molecule has 3 rings (SSSR count). The van der Waals surface area contributed by atoms with E-state index in [-0.39, 0.29) is 17.9 Å². The molecular weight excluding hydrogens is 369 g/mol. The molecule has 0 spiro atoms. The van der Waals surface area contributed by atoms with E-state index in [1.165, 1.54) is 41.0 Å². The molecular formula is C17H11F3N2O5. The number of nitro groups is 1. The Morgan fingerprint density at radius 1 is 1.15 bits per heavy atom. The number of benzene rings is 2. The van der Waals surface area contributed by atoms with Gasteiger partial charge in [0, 0.05) is 29.6 Å². The fourth-order valence-electron chi connectivity index (χ4n) is 2.70. The molecule has 0 unspecified atom stereocenters. The zero-order chi connectivity index (χ0) is 19.8. The Labute approximate surface area is 149 Å². The van der Waals surface area contributed by atoms with Gasteiger partial charge in [-0.25, -0.2) is 4.79 Å². The molecule has 7 nitrogen and oxygen atoms in total. The van der Waals surface area contributed by atoms with Crippen molar-refractivity contribution in [3.8, 4) is 5.75 Å². The summed E-state index contributed by atoms with van der Waals surface area (Å²) >= 11 is 0. The molecule has 0 radical (unpaired) electrons. The van der Waals surface area contributed by atoms with Crippen LogP contribution in [0.2, 0.25) is 0 Å². The minimum atomic E-state index is -4.80. The number of fused-ring (bicyclic) bond motifs is 1. The van der Waals surface area contributed by atoms with Crippen LogP contribution in [0.4, 0.5) is 18.9 Å². The molecule has 2 aromatic carbocycles. The van der Waals surface area contributed by atoms with Crippen LogP contribution in [-0.4, -0.2) is 26.9 Å². The van der Waals surface area contributed by atoms with Crippen molar-refractivity contribution in [3.63, 3.8) is 0 Å². The van der Waals surface area contributed by atoms with Gasteiger partial charge in [0.15, 0.2) is 0 Å². The summed E-state index contributed by atoms with van der Waals surface area (Å²) in [5.41, 5.74) is 0.711. The number of hydrogen-bond acceptors (Lipinski definition) is 4. The fraction of sp³-hybridized carbons (Fsp3) is 0.118. The monoisotopic (exact) mass is 380 g/mol. The minimum Gasteiger partial charge on any atom is -0.477 e. The third-order valence-corrected chi connectivity index (χ3v) is 3.81.